The number of hydrogen-bond donors (Lipinski definition) is 0. The van der Waals surface area contributed by atoms with Gasteiger partial charge in [-0.25, -0.2) is 0 Å². The molecule has 172 valence electrons. The first-order valence-electron chi connectivity index (χ1n) is 12.3. The second-order valence-corrected chi connectivity index (χ2v) is 9.05. The summed E-state index contributed by atoms with van der Waals surface area (Å²) in [6.45, 7) is 8.97. The van der Waals surface area contributed by atoms with Gasteiger partial charge in [0.2, 0.25) is 0 Å². The van der Waals surface area contributed by atoms with Crippen LogP contribution >= 0.6 is 0 Å². The van der Waals surface area contributed by atoms with Crippen molar-refractivity contribution in [2.24, 2.45) is 0 Å². The summed E-state index contributed by atoms with van der Waals surface area (Å²) in [5, 5.41) is 3.88. The number of para-hydroxylation sites is 2. The SMILES string of the molecule is CCC(C)n1c2ccccc2c2ccncc21.CCC(C)n1c2ccccc2c2ncccc21. The molecule has 6 rings (SSSR count). The Morgan fingerprint density at radius 1 is 0.618 bits per heavy atom. The molecule has 2 atom stereocenters. The van der Waals surface area contributed by atoms with E-state index in [9.17, 15) is 0 Å². The van der Waals surface area contributed by atoms with Crippen LogP contribution in [-0.4, -0.2) is 19.1 Å². The molecule has 0 amide bonds. The third-order valence-corrected chi connectivity index (χ3v) is 7.04. The van der Waals surface area contributed by atoms with Crippen molar-refractivity contribution in [2.45, 2.75) is 52.6 Å². The predicted octanol–water partition coefficient (Wildman–Crippen LogP) is 8.32. The third-order valence-electron chi connectivity index (χ3n) is 7.04. The maximum absolute atomic E-state index is 4.53. The molecule has 0 aliphatic carbocycles. The highest BCUT2D eigenvalue weighted by molar-refractivity contribution is 6.08. The van der Waals surface area contributed by atoms with E-state index in [0.29, 0.717) is 12.1 Å². The minimum Gasteiger partial charge on any atom is -0.336 e. The van der Waals surface area contributed by atoms with Gasteiger partial charge in [-0.15, -0.1) is 0 Å². The van der Waals surface area contributed by atoms with Gasteiger partial charge in [0.1, 0.15) is 0 Å². The fourth-order valence-corrected chi connectivity index (χ4v) is 4.97. The fourth-order valence-electron chi connectivity index (χ4n) is 4.97. The molecule has 0 aliphatic rings. The summed E-state index contributed by atoms with van der Waals surface area (Å²) in [7, 11) is 0. The lowest BCUT2D eigenvalue weighted by molar-refractivity contribution is 0.562. The molecule has 4 heterocycles. The maximum atomic E-state index is 4.53. The lowest BCUT2D eigenvalue weighted by Gasteiger charge is -2.14. The van der Waals surface area contributed by atoms with E-state index in [0.717, 1.165) is 18.4 Å². The summed E-state index contributed by atoms with van der Waals surface area (Å²) < 4.78 is 4.80. The standard InChI is InChI=1S/2C15H16N2/c1-3-11(2)17-13-8-5-4-7-12(13)15-14(17)9-6-10-16-15;1-3-11(2)17-14-7-5-4-6-12(14)13-8-9-16-10-15(13)17/h2*4-11H,3H2,1-2H3. The van der Waals surface area contributed by atoms with Crippen LogP contribution in [0, 0.1) is 0 Å². The molecule has 4 aromatic heterocycles. The van der Waals surface area contributed by atoms with Gasteiger partial charge in [0, 0.05) is 46.2 Å². The highest BCUT2D eigenvalue weighted by atomic mass is 15.0. The van der Waals surface area contributed by atoms with E-state index < -0.39 is 0 Å². The number of fused-ring (bicyclic) bond motifs is 6. The summed E-state index contributed by atoms with van der Waals surface area (Å²) in [4.78, 5) is 8.79. The Hall–Kier alpha value is -3.66. The molecule has 4 heteroatoms. The molecule has 0 radical (unpaired) electrons. The predicted molar refractivity (Wildman–Crippen MR) is 144 cm³/mol. The molecule has 4 nitrogen and oxygen atoms in total. The highest BCUT2D eigenvalue weighted by Crippen LogP contribution is 2.32. The summed E-state index contributed by atoms with van der Waals surface area (Å²) in [6, 6.07) is 24.4. The molecule has 0 saturated carbocycles. The van der Waals surface area contributed by atoms with Crippen molar-refractivity contribution in [3.63, 3.8) is 0 Å². The normalized spacial score (nSPS) is 13.3. The molecule has 0 aliphatic heterocycles. The summed E-state index contributed by atoms with van der Waals surface area (Å²) >= 11 is 0. The molecule has 34 heavy (non-hydrogen) atoms. The van der Waals surface area contributed by atoms with Crippen LogP contribution in [0.3, 0.4) is 0 Å². The zero-order chi connectivity index (χ0) is 23.7. The van der Waals surface area contributed by atoms with Crippen molar-refractivity contribution in [3.05, 3.63) is 85.3 Å². The minimum absolute atomic E-state index is 0.501. The number of benzene rings is 2. The molecule has 0 fully saturated rings. The average Bonchev–Trinajstić information content (AvgIpc) is 3.41. The van der Waals surface area contributed by atoms with Crippen LogP contribution in [0.25, 0.3) is 43.7 Å². The first kappa shape index (κ1) is 22.1. The molecule has 2 unspecified atom stereocenters. The lowest BCUT2D eigenvalue weighted by Crippen LogP contribution is -2.03. The molecule has 0 spiro atoms. The molecular weight excluding hydrogens is 416 g/mol. The van der Waals surface area contributed by atoms with Gasteiger partial charge < -0.3 is 9.13 Å². The van der Waals surface area contributed by atoms with Crippen molar-refractivity contribution in [1.82, 2.24) is 19.1 Å². The van der Waals surface area contributed by atoms with Crippen molar-refractivity contribution >= 4 is 43.7 Å². The van der Waals surface area contributed by atoms with Gasteiger partial charge in [-0.3, -0.25) is 9.97 Å². The van der Waals surface area contributed by atoms with Gasteiger partial charge in [-0.1, -0.05) is 50.2 Å². The van der Waals surface area contributed by atoms with Gasteiger partial charge in [0.25, 0.3) is 0 Å². The van der Waals surface area contributed by atoms with Crippen molar-refractivity contribution < 1.29 is 0 Å². The summed E-state index contributed by atoms with van der Waals surface area (Å²) in [5.74, 6) is 0. The minimum atomic E-state index is 0.501. The maximum Gasteiger partial charge on any atom is 0.0959 e. The number of nitrogens with zero attached hydrogens (tertiary/aromatic N) is 4. The number of rotatable bonds is 4. The van der Waals surface area contributed by atoms with E-state index in [1.807, 2.05) is 24.7 Å². The van der Waals surface area contributed by atoms with Crippen LogP contribution < -0.4 is 0 Å². The zero-order valence-electron chi connectivity index (χ0n) is 20.4. The molecule has 0 saturated heterocycles. The van der Waals surface area contributed by atoms with Gasteiger partial charge in [0.05, 0.1) is 28.3 Å². The average molecular weight is 449 g/mol. The van der Waals surface area contributed by atoms with Gasteiger partial charge in [0.15, 0.2) is 0 Å². The summed E-state index contributed by atoms with van der Waals surface area (Å²) in [5.41, 5.74) is 6.19. The van der Waals surface area contributed by atoms with E-state index in [-0.39, 0.29) is 0 Å². The summed E-state index contributed by atoms with van der Waals surface area (Å²) in [6.07, 6.45) is 7.97. The second-order valence-electron chi connectivity index (χ2n) is 9.05. The first-order valence-corrected chi connectivity index (χ1v) is 12.3. The Morgan fingerprint density at radius 2 is 1.18 bits per heavy atom. The van der Waals surface area contributed by atoms with E-state index in [4.69, 9.17) is 0 Å². The molecule has 0 N–H and O–H groups in total. The van der Waals surface area contributed by atoms with Crippen LogP contribution in [0.4, 0.5) is 0 Å². The van der Waals surface area contributed by atoms with Gasteiger partial charge >= 0.3 is 0 Å². The van der Waals surface area contributed by atoms with E-state index in [2.05, 4.69) is 107 Å². The molecule has 0 bridgehead atoms. The van der Waals surface area contributed by atoms with Gasteiger partial charge in [-0.05, 0) is 57.0 Å². The Morgan fingerprint density at radius 3 is 1.88 bits per heavy atom. The van der Waals surface area contributed by atoms with Crippen molar-refractivity contribution in [2.75, 3.05) is 0 Å². The van der Waals surface area contributed by atoms with E-state index in [1.54, 1.807) is 0 Å². The molecule has 2 aromatic carbocycles. The second kappa shape index (κ2) is 9.30. The smallest absolute Gasteiger partial charge is 0.0959 e. The van der Waals surface area contributed by atoms with Crippen molar-refractivity contribution in [3.8, 4) is 0 Å². The van der Waals surface area contributed by atoms with Crippen LogP contribution in [-0.2, 0) is 0 Å². The van der Waals surface area contributed by atoms with Crippen LogP contribution in [0.2, 0.25) is 0 Å². The van der Waals surface area contributed by atoms with Crippen LogP contribution in [0.1, 0.15) is 52.6 Å². The number of hydrogen-bond acceptors (Lipinski definition) is 2. The number of pyridine rings is 2. The lowest BCUT2D eigenvalue weighted by atomic mass is 10.2. The van der Waals surface area contributed by atoms with E-state index >= 15 is 0 Å². The zero-order valence-corrected chi connectivity index (χ0v) is 20.4. The Bertz CT molecular complexity index is 1350. The van der Waals surface area contributed by atoms with E-state index in [1.165, 1.54) is 38.2 Å². The molecule has 6 aromatic rings. The Labute approximate surface area is 200 Å². The van der Waals surface area contributed by atoms with Gasteiger partial charge in [-0.2, -0.15) is 0 Å². The quantitative estimate of drug-likeness (QED) is 0.272. The Kier molecular flexibility index (Phi) is 6.06. The third kappa shape index (κ3) is 3.63. The van der Waals surface area contributed by atoms with Crippen LogP contribution in [0.5, 0.6) is 0 Å². The topological polar surface area (TPSA) is 35.6 Å². The monoisotopic (exact) mass is 448 g/mol. The Balaban J connectivity index is 0.000000142. The number of aromatic nitrogens is 4. The first-order chi connectivity index (χ1) is 16.7. The highest BCUT2D eigenvalue weighted by Gasteiger charge is 2.14. The van der Waals surface area contributed by atoms with Crippen molar-refractivity contribution in [1.29, 1.82) is 0 Å². The largest absolute Gasteiger partial charge is 0.336 e. The fraction of sp³-hybridized carbons (Fsp3) is 0.267. The molecular formula is C30H32N4. The van der Waals surface area contributed by atoms with Crippen LogP contribution in [0.15, 0.2) is 85.3 Å².